The van der Waals surface area contributed by atoms with Crippen LogP contribution in [0.25, 0.3) is 11.4 Å². The Morgan fingerprint density at radius 3 is 2.11 bits per heavy atom. The molecule has 0 aliphatic heterocycles. The highest BCUT2D eigenvalue weighted by Gasteiger charge is 2.09. The Kier molecular flexibility index (Phi) is 6.27. The number of benzene rings is 2. The summed E-state index contributed by atoms with van der Waals surface area (Å²) in [5.41, 5.74) is 3.51. The number of hydrogen-bond donors (Lipinski definition) is 0. The van der Waals surface area contributed by atoms with Gasteiger partial charge in [0.2, 0.25) is 0 Å². The number of ketones is 1. The summed E-state index contributed by atoms with van der Waals surface area (Å²) >= 11 is 0. The molecule has 142 valence electrons. The average molecular weight is 374 g/mol. The quantitative estimate of drug-likeness (QED) is 0.347. The van der Waals surface area contributed by atoms with Crippen molar-refractivity contribution in [2.24, 2.45) is 0 Å². The van der Waals surface area contributed by atoms with Crippen molar-refractivity contribution in [2.75, 3.05) is 0 Å². The zero-order chi connectivity index (χ0) is 19.9. The summed E-state index contributed by atoms with van der Waals surface area (Å²) in [6.45, 7) is 3.49. The number of ether oxygens (including phenoxy) is 1. The van der Waals surface area contributed by atoms with Gasteiger partial charge in [0.1, 0.15) is 5.75 Å². The van der Waals surface area contributed by atoms with Crippen LogP contribution in [0.4, 0.5) is 0 Å². The highest BCUT2D eigenvalue weighted by molar-refractivity contribution is 5.97. The SMILES string of the molecule is CCCc1ccc(C(=O)Cc2cnc(-c3ccc(OC(C)=O)cc3)nc2)cc1. The van der Waals surface area contributed by atoms with Crippen LogP contribution in [0.1, 0.15) is 41.8 Å². The molecular formula is C23H22N2O3. The molecule has 0 aliphatic carbocycles. The van der Waals surface area contributed by atoms with Crippen LogP contribution in [0.2, 0.25) is 0 Å². The van der Waals surface area contributed by atoms with Crippen molar-refractivity contribution < 1.29 is 14.3 Å². The van der Waals surface area contributed by atoms with Crippen LogP contribution in [-0.2, 0) is 17.6 Å². The van der Waals surface area contributed by atoms with E-state index in [0.29, 0.717) is 17.1 Å². The second-order valence-corrected chi connectivity index (χ2v) is 6.58. The third-order valence-electron chi connectivity index (χ3n) is 4.26. The van der Waals surface area contributed by atoms with E-state index in [9.17, 15) is 9.59 Å². The second kappa shape index (κ2) is 9.04. The zero-order valence-electron chi connectivity index (χ0n) is 16.0. The van der Waals surface area contributed by atoms with Crippen LogP contribution in [0.15, 0.2) is 60.9 Å². The average Bonchev–Trinajstić information content (AvgIpc) is 2.69. The van der Waals surface area contributed by atoms with E-state index in [1.165, 1.54) is 12.5 Å². The van der Waals surface area contributed by atoms with Crippen LogP contribution < -0.4 is 4.74 Å². The minimum Gasteiger partial charge on any atom is -0.427 e. The van der Waals surface area contributed by atoms with Gasteiger partial charge in [0.25, 0.3) is 0 Å². The van der Waals surface area contributed by atoms with Gasteiger partial charge in [-0.15, -0.1) is 0 Å². The first-order chi connectivity index (χ1) is 13.5. The zero-order valence-corrected chi connectivity index (χ0v) is 16.0. The number of esters is 1. The molecule has 0 saturated heterocycles. The van der Waals surface area contributed by atoms with Gasteiger partial charge in [-0.25, -0.2) is 9.97 Å². The molecule has 0 saturated carbocycles. The largest absolute Gasteiger partial charge is 0.427 e. The van der Waals surface area contributed by atoms with E-state index in [4.69, 9.17) is 4.74 Å². The van der Waals surface area contributed by atoms with Gasteiger partial charge in [0, 0.05) is 36.9 Å². The summed E-state index contributed by atoms with van der Waals surface area (Å²) in [7, 11) is 0. The van der Waals surface area contributed by atoms with Crippen LogP contribution in [0.3, 0.4) is 0 Å². The Morgan fingerprint density at radius 1 is 0.893 bits per heavy atom. The number of carbonyl (C=O) groups is 2. The van der Waals surface area contributed by atoms with Crippen molar-refractivity contribution >= 4 is 11.8 Å². The first-order valence-corrected chi connectivity index (χ1v) is 9.27. The molecule has 0 fully saturated rings. The molecule has 0 bridgehead atoms. The third kappa shape index (κ3) is 5.10. The molecule has 1 heterocycles. The Balaban J connectivity index is 1.65. The number of rotatable bonds is 7. The number of hydrogen-bond acceptors (Lipinski definition) is 5. The molecule has 3 aromatic rings. The molecule has 28 heavy (non-hydrogen) atoms. The predicted octanol–water partition coefficient (Wildman–Crippen LogP) is 4.45. The van der Waals surface area contributed by atoms with Gasteiger partial charge in [-0.05, 0) is 41.8 Å². The molecule has 2 aromatic carbocycles. The summed E-state index contributed by atoms with van der Waals surface area (Å²) in [4.78, 5) is 32.1. The fraction of sp³-hybridized carbons (Fsp3) is 0.217. The molecular weight excluding hydrogens is 352 g/mol. The van der Waals surface area contributed by atoms with E-state index in [2.05, 4.69) is 16.9 Å². The van der Waals surface area contributed by atoms with Crippen molar-refractivity contribution in [3.05, 3.63) is 77.6 Å². The molecule has 0 unspecified atom stereocenters. The van der Waals surface area contributed by atoms with Gasteiger partial charge in [0.05, 0.1) is 0 Å². The monoisotopic (exact) mass is 374 g/mol. The maximum Gasteiger partial charge on any atom is 0.308 e. The van der Waals surface area contributed by atoms with E-state index in [1.54, 1.807) is 36.7 Å². The lowest BCUT2D eigenvalue weighted by molar-refractivity contribution is -0.131. The smallest absolute Gasteiger partial charge is 0.308 e. The fourth-order valence-electron chi connectivity index (χ4n) is 2.87. The Hall–Kier alpha value is -3.34. The van der Waals surface area contributed by atoms with Gasteiger partial charge in [-0.3, -0.25) is 9.59 Å². The second-order valence-electron chi connectivity index (χ2n) is 6.58. The van der Waals surface area contributed by atoms with E-state index in [-0.39, 0.29) is 18.2 Å². The summed E-state index contributed by atoms with van der Waals surface area (Å²) in [6, 6.07) is 14.7. The minimum absolute atomic E-state index is 0.0464. The highest BCUT2D eigenvalue weighted by Crippen LogP contribution is 2.19. The fourth-order valence-corrected chi connectivity index (χ4v) is 2.87. The van der Waals surface area contributed by atoms with Crippen molar-refractivity contribution in [3.63, 3.8) is 0 Å². The first kappa shape index (κ1) is 19.4. The number of nitrogens with zero attached hydrogens (tertiary/aromatic N) is 2. The Morgan fingerprint density at radius 2 is 1.54 bits per heavy atom. The minimum atomic E-state index is -0.363. The van der Waals surface area contributed by atoms with E-state index >= 15 is 0 Å². The molecule has 5 heteroatoms. The molecule has 1 aromatic heterocycles. The van der Waals surface area contributed by atoms with Gasteiger partial charge in [-0.2, -0.15) is 0 Å². The standard InChI is InChI=1S/C23H22N2O3/c1-3-4-17-5-7-19(8-6-17)22(27)13-18-14-24-23(25-15-18)20-9-11-21(12-10-20)28-16(2)26/h5-12,14-15H,3-4,13H2,1-2H3. The van der Waals surface area contributed by atoms with Crippen LogP contribution in [-0.4, -0.2) is 21.7 Å². The molecule has 0 aliphatic rings. The molecule has 0 N–H and O–H groups in total. The summed E-state index contributed by atoms with van der Waals surface area (Å²) in [6.07, 6.45) is 5.71. The maximum atomic E-state index is 12.5. The Bertz CT molecular complexity index is 947. The molecule has 5 nitrogen and oxygen atoms in total. The van der Waals surface area contributed by atoms with Crippen LogP contribution in [0, 0.1) is 0 Å². The number of aryl methyl sites for hydroxylation is 1. The van der Waals surface area contributed by atoms with Gasteiger partial charge >= 0.3 is 5.97 Å². The lowest BCUT2D eigenvalue weighted by Crippen LogP contribution is -2.05. The normalized spacial score (nSPS) is 10.5. The lowest BCUT2D eigenvalue weighted by Gasteiger charge is -2.05. The van der Waals surface area contributed by atoms with E-state index in [1.807, 2.05) is 24.3 Å². The first-order valence-electron chi connectivity index (χ1n) is 9.27. The lowest BCUT2D eigenvalue weighted by atomic mass is 10.0. The molecule has 0 spiro atoms. The van der Waals surface area contributed by atoms with Crippen molar-refractivity contribution in [1.82, 2.24) is 9.97 Å². The van der Waals surface area contributed by atoms with Crippen molar-refractivity contribution in [1.29, 1.82) is 0 Å². The van der Waals surface area contributed by atoms with Crippen LogP contribution >= 0.6 is 0 Å². The van der Waals surface area contributed by atoms with Crippen molar-refractivity contribution in [2.45, 2.75) is 33.1 Å². The summed E-state index contributed by atoms with van der Waals surface area (Å²) in [5.74, 6) is 0.709. The molecule has 0 atom stereocenters. The number of Topliss-reactive ketones (excluding diaryl/α,β-unsaturated/α-hetero) is 1. The molecule has 0 amide bonds. The topological polar surface area (TPSA) is 69.2 Å². The summed E-state index contributed by atoms with van der Waals surface area (Å²) in [5, 5.41) is 0. The number of carbonyl (C=O) groups excluding carboxylic acids is 2. The Labute approximate surface area is 164 Å². The van der Waals surface area contributed by atoms with E-state index in [0.717, 1.165) is 24.0 Å². The van der Waals surface area contributed by atoms with E-state index < -0.39 is 0 Å². The highest BCUT2D eigenvalue weighted by atomic mass is 16.5. The van der Waals surface area contributed by atoms with Crippen LogP contribution in [0.5, 0.6) is 5.75 Å². The predicted molar refractivity (Wildman–Crippen MR) is 107 cm³/mol. The van der Waals surface area contributed by atoms with Gasteiger partial charge in [-0.1, -0.05) is 37.6 Å². The number of aromatic nitrogens is 2. The van der Waals surface area contributed by atoms with Gasteiger partial charge < -0.3 is 4.74 Å². The molecule has 0 radical (unpaired) electrons. The molecule has 3 rings (SSSR count). The maximum absolute atomic E-state index is 12.5. The summed E-state index contributed by atoms with van der Waals surface area (Å²) < 4.78 is 5.01. The van der Waals surface area contributed by atoms with Crippen molar-refractivity contribution in [3.8, 4) is 17.1 Å². The van der Waals surface area contributed by atoms with Gasteiger partial charge in [0.15, 0.2) is 11.6 Å². The third-order valence-corrected chi connectivity index (χ3v) is 4.26.